The predicted octanol–water partition coefficient (Wildman–Crippen LogP) is 4.64. The summed E-state index contributed by atoms with van der Waals surface area (Å²) in [5.41, 5.74) is 2.99. The van der Waals surface area contributed by atoms with E-state index < -0.39 is 0 Å². The lowest BCUT2D eigenvalue weighted by molar-refractivity contribution is -0.125. The minimum Gasteiger partial charge on any atom is -0.393 e. The third kappa shape index (κ3) is 5.98. The summed E-state index contributed by atoms with van der Waals surface area (Å²) in [4.78, 5) is 44.2. The van der Waals surface area contributed by atoms with Gasteiger partial charge in [-0.3, -0.25) is 24.6 Å². The van der Waals surface area contributed by atoms with Crippen LogP contribution < -0.4 is 21.3 Å². The van der Waals surface area contributed by atoms with Crippen LogP contribution in [0.15, 0.2) is 44.6 Å². The lowest BCUT2D eigenvalue weighted by atomic mass is 9.47. The van der Waals surface area contributed by atoms with Gasteiger partial charge in [0.25, 0.3) is 17.0 Å². The van der Waals surface area contributed by atoms with Crippen molar-refractivity contribution in [3.8, 4) is 0 Å². The molecule has 10 nitrogen and oxygen atoms in total. The normalized spacial score (nSPS) is 31.6. The number of nitrogens with one attached hydrogen (secondary N) is 3. The number of amides is 1. The van der Waals surface area contributed by atoms with E-state index in [2.05, 4.69) is 45.5 Å². The molecule has 0 unspecified atom stereocenters. The van der Waals surface area contributed by atoms with Crippen LogP contribution in [0.2, 0.25) is 0 Å². The standard InChI is InChI=1S/C35H49N5O5/c1-4-40(24-8-10-25-27(20-24)33(44)38-37-32(25)43)18-6-5-17-36-31(42)21-45-39-23-13-15-34(2)22(19-23)7-9-26-28-11-12-30(41)35(28,3)16-14-29(26)34/h8,10,19-20,26,28-30,41H,4-7,9,11-18,21H2,1-3H3,(H,36,42)(H,37,43)(H,38,44)/b39-23-/t26-,28-,29-,30-,34-,35-/m0/s1. The maximum atomic E-state index is 12.4. The summed E-state index contributed by atoms with van der Waals surface area (Å²) < 4.78 is 0. The minimum atomic E-state index is -0.318. The van der Waals surface area contributed by atoms with Gasteiger partial charge in [0.15, 0.2) is 6.61 Å². The van der Waals surface area contributed by atoms with Gasteiger partial charge in [-0.25, -0.2) is 0 Å². The molecule has 0 aliphatic heterocycles. The molecule has 4 aliphatic carbocycles. The topological polar surface area (TPSA) is 140 Å². The number of fused-ring (bicyclic) bond motifs is 6. The van der Waals surface area contributed by atoms with Crippen molar-refractivity contribution in [1.82, 2.24) is 15.5 Å². The fourth-order valence-electron chi connectivity index (χ4n) is 9.33. The zero-order valence-electron chi connectivity index (χ0n) is 27.0. The molecule has 0 saturated heterocycles. The van der Waals surface area contributed by atoms with E-state index in [1.165, 1.54) is 24.8 Å². The first-order chi connectivity index (χ1) is 21.6. The number of allylic oxidation sites excluding steroid dienone is 2. The molecule has 1 amide bonds. The minimum absolute atomic E-state index is 0.0942. The van der Waals surface area contributed by atoms with Gasteiger partial charge in [-0.2, -0.15) is 0 Å². The Morgan fingerprint density at radius 3 is 2.64 bits per heavy atom. The van der Waals surface area contributed by atoms with Gasteiger partial charge in [-0.1, -0.05) is 24.6 Å². The van der Waals surface area contributed by atoms with Crippen molar-refractivity contribution in [2.75, 3.05) is 31.1 Å². The maximum absolute atomic E-state index is 12.4. The molecule has 0 bridgehead atoms. The van der Waals surface area contributed by atoms with Crippen molar-refractivity contribution in [1.29, 1.82) is 0 Å². The van der Waals surface area contributed by atoms with Crippen LogP contribution >= 0.6 is 0 Å². The molecular formula is C35H49N5O5. The fraction of sp³-hybridized carbons (Fsp3) is 0.657. The number of aromatic nitrogens is 2. The first-order valence-corrected chi connectivity index (χ1v) is 17.0. The first-order valence-electron chi connectivity index (χ1n) is 17.0. The molecule has 6 rings (SSSR count). The van der Waals surface area contributed by atoms with Gasteiger partial charge < -0.3 is 20.2 Å². The Morgan fingerprint density at radius 1 is 1.04 bits per heavy atom. The molecule has 6 atom stereocenters. The molecule has 10 heteroatoms. The number of benzene rings is 1. The van der Waals surface area contributed by atoms with Crippen molar-refractivity contribution in [2.24, 2.45) is 33.7 Å². The first kappa shape index (κ1) is 31.6. The van der Waals surface area contributed by atoms with Crippen LogP contribution in [0.25, 0.3) is 10.8 Å². The maximum Gasteiger partial charge on any atom is 0.270 e. The Kier molecular flexibility index (Phi) is 8.96. The summed E-state index contributed by atoms with van der Waals surface area (Å²) in [5.74, 6) is 1.87. The number of rotatable bonds is 10. The number of oxime groups is 1. The van der Waals surface area contributed by atoms with Gasteiger partial charge in [0, 0.05) is 25.3 Å². The van der Waals surface area contributed by atoms with E-state index in [1.807, 2.05) is 13.0 Å². The molecule has 2 aromatic rings. The third-order valence-corrected chi connectivity index (χ3v) is 12.0. The summed E-state index contributed by atoms with van der Waals surface area (Å²) in [6, 6.07) is 5.31. The van der Waals surface area contributed by atoms with E-state index >= 15 is 0 Å². The van der Waals surface area contributed by atoms with Crippen molar-refractivity contribution >= 4 is 28.1 Å². The number of unbranched alkanes of at least 4 members (excludes halogenated alkanes) is 1. The molecule has 0 radical (unpaired) electrons. The summed E-state index contributed by atoms with van der Waals surface area (Å²) in [7, 11) is 0. The molecule has 3 fully saturated rings. The molecular weight excluding hydrogens is 570 g/mol. The van der Waals surface area contributed by atoms with Crippen molar-refractivity contribution in [3.63, 3.8) is 0 Å². The summed E-state index contributed by atoms with van der Waals surface area (Å²) >= 11 is 0. The van der Waals surface area contributed by atoms with Crippen molar-refractivity contribution in [2.45, 2.75) is 91.1 Å². The number of H-pyrrole nitrogens is 2. The fourth-order valence-corrected chi connectivity index (χ4v) is 9.33. The van der Waals surface area contributed by atoms with E-state index in [-0.39, 0.29) is 40.6 Å². The van der Waals surface area contributed by atoms with Crippen molar-refractivity contribution in [3.05, 3.63) is 50.6 Å². The van der Waals surface area contributed by atoms with Gasteiger partial charge in [0.1, 0.15) is 0 Å². The van der Waals surface area contributed by atoms with E-state index in [0.29, 0.717) is 35.1 Å². The summed E-state index contributed by atoms with van der Waals surface area (Å²) in [5, 5.41) is 23.5. The highest BCUT2D eigenvalue weighted by Gasteiger charge is 2.58. The lowest BCUT2D eigenvalue weighted by Crippen LogP contribution is -2.51. The van der Waals surface area contributed by atoms with E-state index in [1.54, 1.807) is 12.1 Å². The highest BCUT2D eigenvalue weighted by molar-refractivity contribution is 5.96. The Morgan fingerprint density at radius 2 is 1.84 bits per heavy atom. The highest BCUT2D eigenvalue weighted by atomic mass is 16.6. The van der Waals surface area contributed by atoms with Gasteiger partial charge >= 0.3 is 0 Å². The molecule has 1 aromatic carbocycles. The van der Waals surface area contributed by atoms with Crippen LogP contribution in [0.4, 0.5) is 5.69 Å². The SMILES string of the molecule is CCN(CCCCNC(=O)CO/N=C1\C=C2CC[C@H]3[C@@H]4CC[C@H](O)[C@@]4(C)CC[C@@H]3[C@@]2(C)CC1)c1ccc2c(=O)[nH][nH]c(=O)c2c1. The summed E-state index contributed by atoms with van der Waals surface area (Å²) in [6.07, 6.45) is 12.5. The molecule has 4 N–H and O–H groups in total. The second-order valence-electron chi connectivity index (χ2n) is 14.3. The molecule has 244 valence electrons. The number of aromatic amines is 2. The second-order valence-corrected chi connectivity index (χ2v) is 14.3. The molecule has 1 aromatic heterocycles. The average Bonchev–Trinajstić information content (AvgIpc) is 3.34. The zero-order chi connectivity index (χ0) is 31.8. The number of nitrogens with zero attached hydrogens (tertiary/aromatic N) is 2. The molecule has 4 aliphatic rings. The number of hydrogen-bond acceptors (Lipinski definition) is 7. The van der Waals surface area contributed by atoms with E-state index in [9.17, 15) is 19.5 Å². The van der Waals surface area contributed by atoms with Crippen LogP contribution in [0.1, 0.15) is 85.0 Å². The largest absolute Gasteiger partial charge is 0.393 e. The smallest absolute Gasteiger partial charge is 0.270 e. The van der Waals surface area contributed by atoms with Crippen LogP contribution in [0.3, 0.4) is 0 Å². The Bertz CT molecular complexity index is 1590. The molecule has 0 spiro atoms. The third-order valence-electron chi connectivity index (χ3n) is 12.0. The van der Waals surface area contributed by atoms with Crippen LogP contribution in [-0.2, 0) is 9.63 Å². The van der Waals surface area contributed by atoms with Gasteiger partial charge in [0.2, 0.25) is 0 Å². The van der Waals surface area contributed by atoms with Gasteiger partial charge in [0.05, 0.1) is 22.6 Å². The number of carbonyl (C=O) groups excluding carboxylic acids is 1. The Hall–Kier alpha value is -3.40. The number of carbonyl (C=O) groups is 1. The summed E-state index contributed by atoms with van der Waals surface area (Å²) in [6.45, 7) is 8.82. The van der Waals surface area contributed by atoms with Crippen LogP contribution in [0.5, 0.6) is 0 Å². The molecule has 1 heterocycles. The number of anilines is 1. The quantitative estimate of drug-likeness (QED) is 0.226. The van der Waals surface area contributed by atoms with E-state index in [0.717, 1.165) is 69.4 Å². The van der Waals surface area contributed by atoms with Crippen molar-refractivity contribution < 1.29 is 14.7 Å². The molecule has 3 saturated carbocycles. The van der Waals surface area contributed by atoms with Gasteiger partial charge in [-0.05, 0) is 124 Å². The number of hydrogen-bond donors (Lipinski definition) is 4. The molecule has 45 heavy (non-hydrogen) atoms. The number of aliphatic hydroxyl groups excluding tert-OH is 1. The Balaban J connectivity index is 0.942. The van der Waals surface area contributed by atoms with Gasteiger partial charge in [-0.15, -0.1) is 0 Å². The zero-order valence-corrected chi connectivity index (χ0v) is 27.0. The van der Waals surface area contributed by atoms with Crippen LogP contribution in [0, 0.1) is 28.6 Å². The second kappa shape index (κ2) is 12.8. The highest BCUT2D eigenvalue weighted by Crippen LogP contribution is 2.65. The average molecular weight is 620 g/mol. The monoisotopic (exact) mass is 619 g/mol. The lowest BCUT2D eigenvalue weighted by Gasteiger charge is -2.57. The Labute approximate surface area is 264 Å². The number of aliphatic hydroxyl groups is 1. The predicted molar refractivity (Wildman–Crippen MR) is 176 cm³/mol. The van der Waals surface area contributed by atoms with E-state index in [4.69, 9.17) is 4.84 Å². The van der Waals surface area contributed by atoms with Crippen LogP contribution in [-0.4, -0.2) is 59.3 Å².